The van der Waals surface area contributed by atoms with Gasteiger partial charge in [0, 0.05) is 30.8 Å². The molecular formula is C21H34N2O4. The number of aromatic nitrogens is 1. The van der Waals surface area contributed by atoms with Crippen molar-refractivity contribution in [3.05, 3.63) is 22.5 Å². The summed E-state index contributed by atoms with van der Waals surface area (Å²) in [5, 5.41) is 0. The molecule has 0 saturated carbocycles. The van der Waals surface area contributed by atoms with E-state index in [1.54, 1.807) is 30.4 Å². The topological polar surface area (TPSA) is 68.6 Å². The van der Waals surface area contributed by atoms with Crippen molar-refractivity contribution in [2.75, 3.05) is 19.7 Å². The van der Waals surface area contributed by atoms with Crippen molar-refractivity contribution in [3.8, 4) is 0 Å². The molecule has 0 aliphatic heterocycles. The number of carbonyl (C=O) groups is 3. The Morgan fingerprint density at radius 1 is 1.11 bits per heavy atom. The van der Waals surface area contributed by atoms with Crippen molar-refractivity contribution in [2.24, 2.45) is 18.9 Å². The highest BCUT2D eigenvalue weighted by Crippen LogP contribution is 2.23. The van der Waals surface area contributed by atoms with Gasteiger partial charge in [-0.15, -0.1) is 0 Å². The largest absolute Gasteiger partial charge is 0.461 e. The Labute approximate surface area is 162 Å². The Morgan fingerprint density at radius 2 is 1.70 bits per heavy atom. The van der Waals surface area contributed by atoms with Crippen molar-refractivity contribution in [2.45, 2.75) is 54.9 Å². The van der Waals surface area contributed by atoms with Gasteiger partial charge >= 0.3 is 5.97 Å². The van der Waals surface area contributed by atoms with Crippen LogP contribution >= 0.6 is 0 Å². The molecule has 1 aromatic rings. The quantitative estimate of drug-likeness (QED) is 0.487. The van der Waals surface area contributed by atoms with Crippen molar-refractivity contribution < 1.29 is 19.1 Å². The first-order valence-electron chi connectivity index (χ1n) is 9.67. The molecule has 0 atom stereocenters. The van der Waals surface area contributed by atoms with Crippen LogP contribution in [0.1, 0.15) is 73.1 Å². The van der Waals surface area contributed by atoms with Crippen LogP contribution in [-0.2, 0) is 16.6 Å². The number of ketones is 1. The summed E-state index contributed by atoms with van der Waals surface area (Å²) in [6, 6.07) is 0. The molecule has 1 rings (SSSR count). The van der Waals surface area contributed by atoms with E-state index in [0.29, 0.717) is 35.0 Å². The molecule has 1 amide bonds. The lowest BCUT2D eigenvalue weighted by atomic mass is 10.0. The third-order valence-corrected chi connectivity index (χ3v) is 4.79. The second kappa shape index (κ2) is 9.72. The molecule has 6 nitrogen and oxygen atoms in total. The molecule has 0 spiro atoms. The lowest BCUT2D eigenvalue weighted by Gasteiger charge is -2.25. The minimum absolute atomic E-state index is 0.0255. The maximum absolute atomic E-state index is 13.1. The molecule has 1 heterocycles. The fourth-order valence-corrected chi connectivity index (χ4v) is 3.18. The highest BCUT2D eigenvalue weighted by atomic mass is 16.5. The van der Waals surface area contributed by atoms with E-state index in [0.717, 1.165) is 6.42 Å². The Morgan fingerprint density at radius 3 is 2.19 bits per heavy atom. The van der Waals surface area contributed by atoms with Gasteiger partial charge in [-0.3, -0.25) is 9.59 Å². The van der Waals surface area contributed by atoms with Gasteiger partial charge in [0.15, 0.2) is 5.78 Å². The zero-order chi connectivity index (χ0) is 20.9. The summed E-state index contributed by atoms with van der Waals surface area (Å²) < 4.78 is 6.82. The van der Waals surface area contributed by atoms with Crippen molar-refractivity contribution in [3.63, 3.8) is 0 Å². The third-order valence-electron chi connectivity index (χ3n) is 4.79. The van der Waals surface area contributed by atoms with Gasteiger partial charge in [-0.25, -0.2) is 4.79 Å². The molecule has 0 unspecified atom stereocenters. The summed E-state index contributed by atoms with van der Waals surface area (Å²) in [5.41, 5.74) is 2.22. The van der Waals surface area contributed by atoms with Crippen molar-refractivity contribution in [1.29, 1.82) is 0 Å². The summed E-state index contributed by atoms with van der Waals surface area (Å²) in [6.07, 6.45) is 0.840. The zero-order valence-corrected chi connectivity index (χ0v) is 18.0. The Hall–Kier alpha value is -2.11. The Balaban J connectivity index is 3.17. The van der Waals surface area contributed by atoms with Crippen LogP contribution in [-0.4, -0.2) is 46.8 Å². The highest BCUT2D eigenvalue weighted by molar-refractivity contribution is 6.04. The van der Waals surface area contributed by atoms with Crippen LogP contribution in [0.3, 0.4) is 0 Å². The van der Waals surface area contributed by atoms with E-state index in [-0.39, 0.29) is 30.8 Å². The van der Waals surface area contributed by atoms with Gasteiger partial charge in [0.2, 0.25) is 5.91 Å². The third kappa shape index (κ3) is 5.44. The molecule has 0 N–H and O–H groups in total. The second-order valence-electron chi connectivity index (χ2n) is 7.73. The summed E-state index contributed by atoms with van der Waals surface area (Å²) in [7, 11) is 1.75. The second-order valence-corrected chi connectivity index (χ2v) is 7.73. The van der Waals surface area contributed by atoms with Gasteiger partial charge in [-0.05, 0) is 38.7 Å². The van der Waals surface area contributed by atoms with Crippen LogP contribution in [0.2, 0.25) is 0 Å². The monoisotopic (exact) mass is 378 g/mol. The summed E-state index contributed by atoms with van der Waals surface area (Å²) >= 11 is 0. The van der Waals surface area contributed by atoms with Gasteiger partial charge in [0.25, 0.3) is 0 Å². The molecule has 0 fully saturated rings. The molecule has 0 aliphatic rings. The van der Waals surface area contributed by atoms with E-state index in [9.17, 15) is 14.4 Å². The lowest BCUT2D eigenvalue weighted by Crippen LogP contribution is -2.39. The summed E-state index contributed by atoms with van der Waals surface area (Å²) in [5.74, 6) is -0.333. The standard InChI is InChI=1S/C21H34N2O4/c1-9-27-21(26)19-15(6)18(16(7)22(19)8)17(24)12-23(11-10-13(2)3)20(25)14(4)5/h13-14H,9-12H2,1-8H3. The normalized spacial score (nSPS) is 11.2. The summed E-state index contributed by atoms with van der Waals surface area (Å²) in [6.45, 7) is 14.0. The van der Waals surface area contributed by atoms with Gasteiger partial charge in [-0.1, -0.05) is 27.7 Å². The molecule has 152 valence electrons. The molecular weight excluding hydrogens is 344 g/mol. The molecule has 0 aliphatic carbocycles. The van der Waals surface area contributed by atoms with Crippen LogP contribution in [0.15, 0.2) is 0 Å². The number of hydrogen-bond acceptors (Lipinski definition) is 4. The average molecular weight is 379 g/mol. The zero-order valence-electron chi connectivity index (χ0n) is 18.0. The predicted octanol–water partition coefficient (Wildman–Crippen LogP) is 3.53. The fraction of sp³-hybridized carbons (Fsp3) is 0.667. The van der Waals surface area contributed by atoms with E-state index >= 15 is 0 Å². The fourth-order valence-electron chi connectivity index (χ4n) is 3.18. The van der Waals surface area contributed by atoms with Gasteiger partial charge < -0.3 is 14.2 Å². The van der Waals surface area contributed by atoms with Crippen LogP contribution in [0.5, 0.6) is 0 Å². The maximum Gasteiger partial charge on any atom is 0.355 e. The van der Waals surface area contributed by atoms with Gasteiger partial charge in [0.1, 0.15) is 5.69 Å². The first-order chi connectivity index (χ1) is 12.5. The molecule has 1 aromatic heterocycles. The number of amides is 1. The minimum atomic E-state index is -0.436. The van der Waals surface area contributed by atoms with Crippen LogP contribution < -0.4 is 0 Å². The summed E-state index contributed by atoms with van der Waals surface area (Å²) in [4.78, 5) is 39.5. The predicted molar refractivity (Wildman–Crippen MR) is 106 cm³/mol. The molecule has 0 aromatic carbocycles. The number of rotatable bonds is 9. The number of carbonyl (C=O) groups excluding carboxylic acids is 3. The SMILES string of the molecule is CCOC(=O)c1c(C)c(C(=O)CN(CCC(C)C)C(=O)C(C)C)c(C)n1C. The average Bonchev–Trinajstić information content (AvgIpc) is 2.80. The van der Waals surface area contributed by atoms with E-state index in [1.165, 1.54) is 0 Å². The molecule has 0 saturated heterocycles. The number of hydrogen-bond donors (Lipinski definition) is 0. The van der Waals surface area contributed by atoms with Crippen LogP contribution in [0.25, 0.3) is 0 Å². The molecule has 27 heavy (non-hydrogen) atoms. The van der Waals surface area contributed by atoms with E-state index in [4.69, 9.17) is 4.74 Å². The van der Waals surface area contributed by atoms with E-state index in [2.05, 4.69) is 13.8 Å². The van der Waals surface area contributed by atoms with E-state index < -0.39 is 5.97 Å². The van der Waals surface area contributed by atoms with E-state index in [1.807, 2.05) is 20.8 Å². The molecule has 6 heteroatoms. The smallest absolute Gasteiger partial charge is 0.355 e. The first kappa shape index (κ1) is 22.9. The molecule has 0 radical (unpaired) electrons. The minimum Gasteiger partial charge on any atom is -0.461 e. The number of esters is 1. The number of Topliss-reactive ketones (excluding diaryl/α,β-unsaturated/α-hetero) is 1. The Bertz CT molecular complexity index is 702. The van der Waals surface area contributed by atoms with Gasteiger partial charge in [0.05, 0.1) is 13.2 Å². The van der Waals surface area contributed by atoms with Crippen molar-refractivity contribution in [1.82, 2.24) is 9.47 Å². The highest BCUT2D eigenvalue weighted by Gasteiger charge is 2.28. The number of nitrogens with zero attached hydrogens (tertiary/aromatic N) is 2. The van der Waals surface area contributed by atoms with Crippen LogP contribution in [0, 0.1) is 25.7 Å². The molecule has 0 bridgehead atoms. The number of ether oxygens (including phenoxy) is 1. The lowest BCUT2D eigenvalue weighted by molar-refractivity contribution is -0.134. The Kier molecular flexibility index (Phi) is 8.25. The van der Waals surface area contributed by atoms with Crippen molar-refractivity contribution >= 4 is 17.7 Å². The first-order valence-corrected chi connectivity index (χ1v) is 9.67. The van der Waals surface area contributed by atoms with Crippen LogP contribution in [0.4, 0.5) is 0 Å². The maximum atomic E-state index is 13.1. The van der Waals surface area contributed by atoms with Gasteiger partial charge in [-0.2, -0.15) is 0 Å².